The molecule has 0 aliphatic rings. The molecule has 0 aliphatic carbocycles. The third kappa shape index (κ3) is 1.58. The van der Waals surface area contributed by atoms with Crippen LogP contribution in [0.15, 0.2) is 24.3 Å². The monoisotopic (exact) mass is 217 g/mol. The minimum absolute atomic E-state index is 0.0638. The lowest BCUT2D eigenvalue weighted by atomic mass is 10.1. The van der Waals surface area contributed by atoms with Crippen LogP contribution in [0.3, 0.4) is 0 Å². The fraction of sp³-hybridized carbons (Fsp3) is 0.167. The molecule has 1 aromatic heterocycles. The van der Waals surface area contributed by atoms with E-state index in [1.165, 1.54) is 0 Å². The van der Waals surface area contributed by atoms with Gasteiger partial charge in [0.25, 0.3) is 0 Å². The van der Waals surface area contributed by atoms with Crippen LogP contribution >= 0.6 is 0 Å². The molecule has 0 spiro atoms. The fourth-order valence-corrected chi connectivity index (χ4v) is 1.72. The topological polar surface area (TPSA) is 59.4 Å². The predicted molar refractivity (Wildman–Crippen MR) is 60.0 cm³/mol. The zero-order valence-electron chi connectivity index (χ0n) is 9.02. The fourth-order valence-electron chi connectivity index (χ4n) is 1.72. The van der Waals surface area contributed by atoms with Gasteiger partial charge in [-0.2, -0.15) is 0 Å². The Labute approximate surface area is 92.5 Å². The van der Waals surface area contributed by atoms with Crippen LogP contribution in [0.5, 0.6) is 5.75 Å². The summed E-state index contributed by atoms with van der Waals surface area (Å²) in [6.07, 6.45) is 0. The van der Waals surface area contributed by atoms with E-state index in [0.717, 1.165) is 5.39 Å². The minimum Gasteiger partial charge on any atom is -0.496 e. The van der Waals surface area contributed by atoms with Gasteiger partial charge in [0.15, 0.2) is 5.69 Å². The first-order valence-corrected chi connectivity index (χ1v) is 4.81. The van der Waals surface area contributed by atoms with Gasteiger partial charge in [-0.25, -0.2) is 9.78 Å². The molecule has 2 aromatic rings. The summed E-state index contributed by atoms with van der Waals surface area (Å²) in [5.41, 5.74) is 0.725. The van der Waals surface area contributed by atoms with Crippen molar-refractivity contribution in [3.05, 3.63) is 35.7 Å². The Balaban J connectivity index is 2.88. The van der Waals surface area contributed by atoms with Crippen LogP contribution in [0, 0.1) is 6.92 Å². The molecule has 0 fully saturated rings. The van der Waals surface area contributed by atoms with Gasteiger partial charge in [0.1, 0.15) is 5.75 Å². The van der Waals surface area contributed by atoms with Gasteiger partial charge in [-0.3, -0.25) is 0 Å². The summed E-state index contributed by atoms with van der Waals surface area (Å²) in [6.45, 7) is 1.76. The van der Waals surface area contributed by atoms with E-state index in [-0.39, 0.29) is 5.69 Å². The Bertz CT molecular complexity index is 563. The highest BCUT2D eigenvalue weighted by Crippen LogP contribution is 2.27. The molecule has 0 unspecified atom stereocenters. The standard InChI is InChI=1S/C12H11NO3/c1-7-6-9-8(11(13-7)12(14)15)4-3-5-10(9)16-2/h3-6H,1-2H3,(H,14,15). The summed E-state index contributed by atoms with van der Waals surface area (Å²) in [7, 11) is 1.56. The smallest absolute Gasteiger partial charge is 0.355 e. The number of ether oxygens (including phenoxy) is 1. The van der Waals surface area contributed by atoms with Crippen molar-refractivity contribution >= 4 is 16.7 Å². The van der Waals surface area contributed by atoms with Crippen LogP contribution in [-0.2, 0) is 0 Å². The highest BCUT2D eigenvalue weighted by atomic mass is 16.5. The first-order valence-electron chi connectivity index (χ1n) is 4.81. The molecular formula is C12H11NO3. The number of aromatic carboxylic acids is 1. The van der Waals surface area contributed by atoms with Crippen LogP contribution in [0.2, 0.25) is 0 Å². The van der Waals surface area contributed by atoms with Gasteiger partial charge in [0.2, 0.25) is 0 Å². The van der Waals surface area contributed by atoms with Crippen LogP contribution in [-0.4, -0.2) is 23.2 Å². The Morgan fingerprint density at radius 2 is 2.12 bits per heavy atom. The number of aryl methyl sites for hydroxylation is 1. The zero-order chi connectivity index (χ0) is 11.7. The number of hydrogen-bond acceptors (Lipinski definition) is 3. The molecule has 0 atom stereocenters. The number of methoxy groups -OCH3 is 1. The van der Waals surface area contributed by atoms with Gasteiger partial charge in [-0.05, 0) is 19.1 Å². The molecule has 82 valence electrons. The van der Waals surface area contributed by atoms with Gasteiger partial charge >= 0.3 is 5.97 Å². The number of carbonyl (C=O) groups is 1. The second-order valence-corrected chi connectivity index (χ2v) is 3.47. The van der Waals surface area contributed by atoms with E-state index in [1.807, 2.05) is 6.07 Å². The Hall–Kier alpha value is -2.10. The summed E-state index contributed by atoms with van der Waals surface area (Å²) in [6, 6.07) is 7.10. The number of nitrogens with zero attached hydrogens (tertiary/aromatic N) is 1. The number of hydrogen-bond donors (Lipinski definition) is 1. The third-order valence-corrected chi connectivity index (χ3v) is 2.39. The number of pyridine rings is 1. The van der Waals surface area contributed by atoms with E-state index in [4.69, 9.17) is 9.84 Å². The second-order valence-electron chi connectivity index (χ2n) is 3.47. The quantitative estimate of drug-likeness (QED) is 0.838. The highest BCUT2D eigenvalue weighted by Gasteiger charge is 2.13. The minimum atomic E-state index is -1.03. The maximum absolute atomic E-state index is 11.1. The summed E-state index contributed by atoms with van der Waals surface area (Å²) in [5, 5.41) is 10.4. The van der Waals surface area contributed by atoms with E-state index in [1.54, 1.807) is 32.2 Å². The van der Waals surface area contributed by atoms with Crippen LogP contribution in [0.1, 0.15) is 16.2 Å². The van der Waals surface area contributed by atoms with Crippen LogP contribution in [0.4, 0.5) is 0 Å². The summed E-state index contributed by atoms with van der Waals surface area (Å²) in [4.78, 5) is 15.1. The van der Waals surface area contributed by atoms with Gasteiger partial charge in [-0.15, -0.1) is 0 Å². The number of carboxylic acid groups (broad SMARTS) is 1. The lowest BCUT2D eigenvalue weighted by Gasteiger charge is -2.07. The van der Waals surface area contributed by atoms with Crippen LogP contribution in [0.25, 0.3) is 10.8 Å². The summed E-state index contributed by atoms with van der Waals surface area (Å²) >= 11 is 0. The number of rotatable bonds is 2. The van der Waals surface area contributed by atoms with Crippen molar-refractivity contribution in [2.45, 2.75) is 6.92 Å². The number of aromatic nitrogens is 1. The highest BCUT2D eigenvalue weighted by molar-refractivity contribution is 6.03. The maximum atomic E-state index is 11.1. The molecule has 0 saturated heterocycles. The molecule has 0 amide bonds. The van der Waals surface area contributed by atoms with Crippen molar-refractivity contribution in [3.8, 4) is 5.75 Å². The first-order chi connectivity index (χ1) is 7.63. The number of fused-ring (bicyclic) bond motifs is 1. The van der Waals surface area contributed by atoms with Crippen molar-refractivity contribution < 1.29 is 14.6 Å². The van der Waals surface area contributed by atoms with Crippen molar-refractivity contribution in [1.29, 1.82) is 0 Å². The molecule has 1 heterocycles. The maximum Gasteiger partial charge on any atom is 0.355 e. The molecule has 0 aliphatic heterocycles. The van der Waals surface area contributed by atoms with Gasteiger partial charge in [-0.1, -0.05) is 12.1 Å². The Morgan fingerprint density at radius 3 is 2.75 bits per heavy atom. The second kappa shape index (κ2) is 3.81. The molecule has 0 saturated carbocycles. The zero-order valence-corrected chi connectivity index (χ0v) is 9.02. The molecule has 1 aromatic carbocycles. The largest absolute Gasteiger partial charge is 0.496 e. The van der Waals surface area contributed by atoms with E-state index in [9.17, 15) is 4.79 Å². The normalized spacial score (nSPS) is 10.4. The van der Waals surface area contributed by atoms with E-state index in [0.29, 0.717) is 16.8 Å². The number of carboxylic acids is 1. The predicted octanol–water partition coefficient (Wildman–Crippen LogP) is 2.25. The molecule has 0 bridgehead atoms. The van der Waals surface area contributed by atoms with Crippen molar-refractivity contribution in [2.24, 2.45) is 0 Å². The van der Waals surface area contributed by atoms with Crippen molar-refractivity contribution in [2.75, 3.05) is 7.11 Å². The Kier molecular flexibility index (Phi) is 2.48. The van der Waals surface area contributed by atoms with E-state index < -0.39 is 5.97 Å². The molecule has 1 N–H and O–H groups in total. The van der Waals surface area contributed by atoms with E-state index in [2.05, 4.69) is 4.98 Å². The molecule has 0 radical (unpaired) electrons. The average molecular weight is 217 g/mol. The van der Waals surface area contributed by atoms with Gasteiger partial charge in [0, 0.05) is 16.5 Å². The number of benzene rings is 1. The molecule has 4 heteroatoms. The molecular weight excluding hydrogens is 206 g/mol. The molecule has 4 nitrogen and oxygen atoms in total. The lowest BCUT2D eigenvalue weighted by Crippen LogP contribution is -2.03. The van der Waals surface area contributed by atoms with E-state index >= 15 is 0 Å². The van der Waals surface area contributed by atoms with Crippen molar-refractivity contribution in [3.63, 3.8) is 0 Å². The molecule has 2 rings (SSSR count). The SMILES string of the molecule is COc1cccc2c(C(=O)O)nc(C)cc12. The van der Waals surface area contributed by atoms with Gasteiger partial charge < -0.3 is 9.84 Å². The molecule has 16 heavy (non-hydrogen) atoms. The summed E-state index contributed by atoms with van der Waals surface area (Å²) in [5.74, 6) is -0.368. The lowest BCUT2D eigenvalue weighted by molar-refractivity contribution is 0.0692. The summed E-state index contributed by atoms with van der Waals surface area (Å²) < 4.78 is 5.20. The van der Waals surface area contributed by atoms with Gasteiger partial charge in [0.05, 0.1) is 7.11 Å². The third-order valence-electron chi connectivity index (χ3n) is 2.39. The Morgan fingerprint density at radius 1 is 1.38 bits per heavy atom. The van der Waals surface area contributed by atoms with Crippen LogP contribution < -0.4 is 4.74 Å². The first kappa shape index (κ1) is 10.4. The average Bonchev–Trinajstić information content (AvgIpc) is 2.27. The van der Waals surface area contributed by atoms with Crippen molar-refractivity contribution in [1.82, 2.24) is 4.98 Å².